The zero-order chi connectivity index (χ0) is 23.5. The molecule has 0 saturated heterocycles. The van der Waals surface area contributed by atoms with Gasteiger partial charge in [0.15, 0.2) is 0 Å². The van der Waals surface area contributed by atoms with E-state index in [2.05, 4.69) is 19.2 Å². The lowest BCUT2D eigenvalue weighted by Gasteiger charge is -2.25. The van der Waals surface area contributed by atoms with Crippen molar-refractivity contribution >= 4 is 44.8 Å². The van der Waals surface area contributed by atoms with Crippen LogP contribution in [0.25, 0.3) is 0 Å². The number of benzene rings is 2. The minimum absolute atomic E-state index is 0.145. The first-order valence-electron chi connectivity index (χ1n) is 9.75. The highest BCUT2D eigenvalue weighted by atomic mass is 35.5. The quantitative estimate of drug-likeness (QED) is 0.564. The van der Waals surface area contributed by atoms with Crippen molar-refractivity contribution in [3.05, 3.63) is 57.1 Å². The van der Waals surface area contributed by atoms with Crippen molar-refractivity contribution < 1.29 is 17.9 Å². The molecule has 1 amide bonds. The Labute approximate surface area is 194 Å². The molecular weight excluding hydrogens is 459 g/mol. The fourth-order valence-electron chi connectivity index (χ4n) is 3.37. The molecule has 0 spiro atoms. The van der Waals surface area contributed by atoms with E-state index in [1.54, 1.807) is 7.11 Å². The van der Waals surface area contributed by atoms with E-state index in [9.17, 15) is 13.2 Å². The van der Waals surface area contributed by atoms with E-state index in [1.165, 1.54) is 18.2 Å². The fourth-order valence-corrected chi connectivity index (χ4v) is 4.80. The molecule has 0 radical (unpaired) electrons. The van der Waals surface area contributed by atoms with Gasteiger partial charge in [-0.25, -0.2) is 8.42 Å². The van der Waals surface area contributed by atoms with Crippen molar-refractivity contribution in [1.29, 1.82) is 0 Å². The molecule has 0 aliphatic carbocycles. The predicted octanol–water partition coefficient (Wildman–Crippen LogP) is 5.08. The van der Waals surface area contributed by atoms with Crippen LogP contribution < -0.4 is 14.4 Å². The number of amides is 1. The molecule has 1 N–H and O–H groups in total. The zero-order valence-corrected chi connectivity index (χ0v) is 20.8. The van der Waals surface area contributed by atoms with Crippen molar-refractivity contribution in [2.75, 3.05) is 24.2 Å². The molecule has 31 heavy (non-hydrogen) atoms. The molecule has 0 aliphatic rings. The molecule has 0 fully saturated rings. The van der Waals surface area contributed by atoms with Gasteiger partial charge in [-0.05, 0) is 66.8 Å². The van der Waals surface area contributed by atoms with Crippen LogP contribution in [0.1, 0.15) is 49.4 Å². The third-order valence-electron chi connectivity index (χ3n) is 4.95. The highest BCUT2D eigenvalue weighted by Gasteiger charge is 2.24. The Balaban J connectivity index is 2.28. The van der Waals surface area contributed by atoms with Gasteiger partial charge in [-0.1, -0.05) is 37.0 Å². The van der Waals surface area contributed by atoms with Crippen LogP contribution in [0.15, 0.2) is 30.3 Å². The van der Waals surface area contributed by atoms with Crippen LogP contribution in [0.2, 0.25) is 10.0 Å². The zero-order valence-electron chi connectivity index (χ0n) is 18.5. The van der Waals surface area contributed by atoms with E-state index < -0.39 is 22.5 Å². The maximum atomic E-state index is 12.8. The number of halogens is 2. The number of hydrogen-bond acceptors (Lipinski definition) is 4. The first-order chi connectivity index (χ1) is 14.3. The molecular formula is C22H28Cl2N2O4S. The molecule has 0 aliphatic heterocycles. The van der Waals surface area contributed by atoms with Crippen molar-refractivity contribution in [3.63, 3.8) is 0 Å². The normalized spacial score (nSPS) is 12.5. The number of ether oxygens (including phenoxy) is 1. The summed E-state index contributed by atoms with van der Waals surface area (Å²) in [6.07, 6.45) is 1.02. The van der Waals surface area contributed by atoms with Gasteiger partial charge >= 0.3 is 0 Å². The van der Waals surface area contributed by atoms with Gasteiger partial charge < -0.3 is 10.1 Å². The molecule has 0 heterocycles. The predicted molar refractivity (Wildman–Crippen MR) is 127 cm³/mol. The lowest BCUT2D eigenvalue weighted by Crippen LogP contribution is -2.41. The lowest BCUT2D eigenvalue weighted by molar-refractivity contribution is -0.120. The number of hydrogen-bond donors (Lipinski definition) is 1. The van der Waals surface area contributed by atoms with E-state index in [0.29, 0.717) is 5.02 Å². The standard InChI is InChI=1S/C22H28Cl2N2O4S/c1-13(2)17-11-18(14(3)9-21(17)30-5)15(4)25-22(27)12-26(31(6,28)29)20-8-7-16(23)10-19(20)24/h7-11,13,15H,12H2,1-6H3,(H,25,27)/t15-/m1/s1. The van der Waals surface area contributed by atoms with Gasteiger partial charge in [0.2, 0.25) is 15.9 Å². The Morgan fingerprint density at radius 1 is 1.13 bits per heavy atom. The van der Waals surface area contributed by atoms with Gasteiger partial charge in [0, 0.05) is 5.02 Å². The Hall–Kier alpha value is -1.96. The Morgan fingerprint density at radius 3 is 2.29 bits per heavy atom. The SMILES string of the molecule is COc1cc(C)c([C@@H](C)NC(=O)CN(c2ccc(Cl)cc2Cl)S(C)(=O)=O)cc1C(C)C. The minimum Gasteiger partial charge on any atom is -0.496 e. The lowest BCUT2D eigenvalue weighted by atomic mass is 9.93. The third-order valence-corrected chi connectivity index (χ3v) is 6.61. The molecule has 2 rings (SSSR count). The molecule has 6 nitrogen and oxygen atoms in total. The van der Waals surface area contributed by atoms with E-state index in [-0.39, 0.29) is 22.7 Å². The van der Waals surface area contributed by atoms with Crippen LogP contribution in [0.3, 0.4) is 0 Å². The molecule has 0 unspecified atom stereocenters. The number of carbonyl (C=O) groups is 1. The highest BCUT2D eigenvalue weighted by molar-refractivity contribution is 7.92. The van der Waals surface area contributed by atoms with E-state index in [0.717, 1.165) is 33.0 Å². The van der Waals surface area contributed by atoms with Crippen molar-refractivity contribution in [2.45, 2.75) is 39.7 Å². The summed E-state index contributed by atoms with van der Waals surface area (Å²) >= 11 is 12.1. The van der Waals surface area contributed by atoms with Gasteiger partial charge in [0.1, 0.15) is 12.3 Å². The molecule has 0 aromatic heterocycles. The number of methoxy groups -OCH3 is 1. The second kappa shape index (κ2) is 10.1. The summed E-state index contributed by atoms with van der Waals surface area (Å²) < 4.78 is 31.1. The average Bonchev–Trinajstić information content (AvgIpc) is 2.65. The molecule has 9 heteroatoms. The Bertz CT molecular complexity index is 1070. The van der Waals surface area contributed by atoms with E-state index in [1.807, 2.05) is 26.0 Å². The summed E-state index contributed by atoms with van der Waals surface area (Å²) in [4.78, 5) is 12.8. The van der Waals surface area contributed by atoms with Crippen LogP contribution >= 0.6 is 23.2 Å². The number of rotatable bonds is 8. The summed E-state index contributed by atoms with van der Waals surface area (Å²) in [7, 11) is -2.12. The van der Waals surface area contributed by atoms with Gasteiger partial charge in [-0.15, -0.1) is 0 Å². The van der Waals surface area contributed by atoms with Gasteiger partial charge in [0.25, 0.3) is 0 Å². The van der Waals surface area contributed by atoms with Crippen LogP contribution in [-0.4, -0.2) is 34.2 Å². The van der Waals surface area contributed by atoms with Crippen LogP contribution in [0, 0.1) is 6.92 Å². The summed E-state index contributed by atoms with van der Waals surface area (Å²) in [5.74, 6) is 0.589. The molecule has 2 aromatic carbocycles. The van der Waals surface area contributed by atoms with Crippen molar-refractivity contribution in [2.24, 2.45) is 0 Å². The number of nitrogens with one attached hydrogen (secondary N) is 1. The first-order valence-corrected chi connectivity index (χ1v) is 12.4. The molecule has 0 bridgehead atoms. The second-order valence-corrected chi connectivity index (χ2v) is 10.5. The molecule has 1 atom stereocenters. The molecule has 0 saturated carbocycles. The third kappa shape index (κ3) is 6.28. The van der Waals surface area contributed by atoms with Crippen LogP contribution in [0.4, 0.5) is 5.69 Å². The summed E-state index contributed by atoms with van der Waals surface area (Å²) in [5.41, 5.74) is 3.14. The van der Waals surface area contributed by atoms with Crippen LogP contribution in [0.5, 0.6) is 5.75 Å². The van der Waals surface area contributed by atoms with Gasteiger partial charge in [-0.3, -0.25) is 9.10 Å². The maximum absolute atomic E-state index is 12.8. The fraction of sp³-hybridized carbons (Fsp3) is 0.409. The number of carbonyl (C=O) groups excluding carboxylic acids is 1. The molecule has 170 valence electrons. The number of anilines is 1. The Kier molecular flexibility index (Phi) is 8.25. The van der Waals surface area contributed by atoms with Crippen molar-refractivity contribution in [1.82, 2.24) is 5.32 Å². The van der Waals surface area contributed by atoms with E-state index in [4.69, 9.17) is 27.9 Å². The average molecular weight is 487 g/mol. The first kappa shape index (κ1) is 25.3. The minimum atomic E-state index is -3.76. The smallest absolute Gasteiger partial charge is 0.241 e. The summed E-state index contributed by atoms with van der Waals surface area (Å²) in [6.45, 7) is 7.54. The number of nitrogens with zero attached hydrogens (tertiary/aromatic N) is 1. The summed E-state index contributed by atoms with van der Waals surface area (Å²) in [5, 5.41) is 3.41. The Morgan fingerprint density at radius 2 is 1.77 bits per heavy atom. The highest BCUT2D eigenvalue weighted by Crippen LogP contribution is 2.33. The number of sulfonamides is 1. The monoisotopic (exact) mass is 486 g/mol. The van der Waals surface area contributed by atoms with Gasteiger partial charge in [-0.2, -0.15) is 0 Å². The molecule has 2 aromatic rings. The largest absolute Gasteiger partial charge is 0.496 e. The maximum Gasteiger partial charge on any atom is 0.241 e. The van der Waals surface area contributed by atoms with Crippen LogP contribution in [-0.2, 0) is 14.8 Å². The topological polar surface area (TPSA) is 75.7 Å². The summed E-state index contributed by atoms with van der Waals surface area (Å²) in [6, 6.07) is 8.07. The van der Waals surface area contributed by atoms with E-state index >= 15 is 0 Å². The van der Waals surface area contributed by atoms with Gasteiger partial charge in [0.05, 0.1) is 30.1 Å². The second-order valence-electron chi connectivity index (χ2n) is 7.76. The number of aryl methyl sites for hydroxylation is 1. The van der Waals surface area contributed by atoms with Crippen molar-refractivity contribution in [3.8, 4) is 5.75 Å².